The number of aromatic nitrogens is 1. The maximum atomic E-state index is 15.7. The Bertz CT molecular complexity index is 1970. The Hall–Kier alpha value is -5.12. The van der Waals surface area contributed by atoms with Crippen LogP contribution in [-0.4, -0.2) is 67.5 Å². The number of benzene rings is 3. The van der Waals surface area contributed by atoms with Crippen LogP contribution < -0.4 is 20.5 Å². The topological polar surface area (TPSA) is 161 Å². The number of nitrogens with one attached hydrogen (secondary N) is 1. The molecule has 0 spiro atoms. The summed E-state index contributed by atoms with van der Waals surface area (Å²) in [5.41, 5.74) is 7.11. The molecule has 1 aliphatic rings. The molecule has 1 amide bonds. The molecule has 3 aromatic carbocycles. The van der Waals surface area contributed by atoms with Gasteiger partial charge in [-0.1, -0.05) is 24.6 Å². The molecule has 4 N–H and O–H groups in total. The highest BCUT2D eigenvalue weighted by atomic mass is 32.2. The highest BCUT2D eigenvalue weighted by Crippen LogP contribution is 2.36. The van der Waals surface area contributed by atoms with Crippen LogP contribution in [-0.2, 0) is 26.0 Å². The van der Waals surface area contributed by atoms with Crippen LogP contribution in [0.4, 0.5) is 29.1 Å². The van der Waals surface area contributed by atoms with Gasteiger partial charge in [-0.25, -0.2) is 22.6 Å². The molecule has 1 fully saturated rings. The van der Waals surface area contributed by atoms with E-state index in [9.17, 15) is 26.4 Å². The molecule has 0 radical (unpaired) electrons. The Balaban J connectivity index is 0.000000727. The smallest absolute Gasteiger partial charge is 0.490 e. The summed E-state index contributed by atoms with van der Waals surface area (Å²) in [6.45, 7) is 2.11. The molecule has 1 aliphatic carbocycles. The van der Waals surface area contributed by atoms with Crippen LogP contribution in [0.5, 0.6) is 11.5 Å². The van der Waals surface area contributed by atoms with Gasteiger partial charge in [0.15, 0.2) is 21.3 Å². The minimum Gasteiger partial charge on any atom is -0.493 e. The lowest BCUT2D eigenvalue weighted by molar-refractivity contribution is -0.192. The third-order valence-electron chi connectivity index (χ3n) is 8.04. The number of carbonyl (C=O) groups excluding carboxylic acids is 1. The number of carboxylic acids is 1. The molecule has 50 heavy (non-hydrogen) atoms. The average molecular weight is 721 g/mol. The van der Waals surface area contributed by atoms with Crippen LogP contribution in [0.15, 0.2) is 71.8 Å². The number of alkyl halides is 3. The Morgan fingerprint density at radius 2 is 1.78 bits per heavy atom. The highest BCUT2D eigenvalue weighted by Gasteiger charge is 2.38. The number of carbonyl (C=O) groups is 2. The van der Waals surface area contributed by atoms with Crippen molar-refractivity contribution in [2.45, 2.75) is 55.1 Å². The third kappa shape index (κ3) is 8.53. The van der Waals surface area contributed by atoms with Gasteiger partial charge in [0.1, 0.15) is 17.7 Å². The fourth-order valence-electron chi connectivity index (χ4n) is 5.26. The van der Waals surface area contributed by atoms with Crippen molar-refractivity contribution >= 4 is 44.0 Å². The maximum Gasteiger partial charge on any atom is 0.490 e. The Kier molecular flexibility index (Phi) is 11.8. The molecule has 268 valence electrons. The summed E-state index contributed by atoms with van der Waals surface area (Å²) in [5, 5.41) is 11.4. The quantitative estimate of drug-likeness (QED) is 0.154. The SMILES string of the molecule is CCOc1cc(C(Nc2ccc3c(N)nccc3c2)C(=O)N(C)Cc2ccccc2S(=O)(=O)C2CCC2)c(F)cc1OC.O=C(O)C(F)(F)F. The van der Waals surface area contributed by atoms with Gasteiger partial charge in [-0.05, 0) is 67.1 Å². The van der Waals surface area contributed by atoms with Crippen molar-refractivity contribution < 1.29 is 50.1 Å². The first kappa shape index (κ1) is 37.7. The first-order valence-electron chi connectivity index (χ1n) is 15.4. The van der Waals surface area contributed by atoms with E-state index in [2.05, 4.69) is 10.3 Å². The molecule has 0 bridgehead atoms. The lowest BCUT2D eigenvalue weighted by Crippen LogP contribution is -2.36. The Morgan fingerprint density at radius 1 is 1.10 bits per heavy atom. The fraction of sp³-hybridized carbons (Fsp3) is 0.324. The molecule has 1 unspecified atom stereocenters. The number of hydrogen-bond donors (Lipinski definition) is 3. The number of nitrogens with zero attached hydrogens (tertiary/aromatic N) is 2. The molecule has 11 nitrogen and oxygen atoms in total. The monoisotopic (exact) mass is 720 g/mol. The number of fused-ring (bicyclic) bond motifs is 1. The normalized spacial score (nSPS) is 13.7. The number of pyridine rings is 1. The predicted molar refractivity (Wildman–Crippen MR) is 178 cm³/mol. The van der Waals surface area contributed by atoms with Crippen molar-refractivity contribution in [3.63, 3.8) is 0 Å². The minimum atomic E-state index is -5.08. The van der Waals surface area contributed by atoms with Gasteiger partial charge in [-0.3, -0.25) is 4.79 Å². The van der Waals surface area contributed by atoms with Gasteiger partial charge >= 0.3 is 12.1 Å². The Morgan fingerprint density at radius 3 is 2.38 bits per heavy atom. The maximum absolute atomic E-state index is 15.7. The summed E-state index contributed by atoms with van der Waals surface area (Å²) in [7, 11) is -0.551. The molecule has 1 aromatic heterocycles. The number of ether oxygens (including phenoxy) is 2. The van der Waals surface area contributed by atoms with Gasteiger partial charge in [-0.2, -0.15) is 13.2 Å². The number of anilines is 2. The fourth-order valence-corrected chi connectivity index (χ4v) is 7.34. The summed E-state index contributed by atoms with van der Waals surface area (Å²) in [5.74, 6) is -3.04. The van der Waals surface area contributed by atoms with Crippen LogP contribution >= 0.6 is 0 Å². The van der Waals surface area contributed by atoms with E-state index in [4.69, 9.17) is 25.1 Å². The lowest BCUT2D eigenvalue weighted by Gasteiger charge is -2.29. The number of likely N-dealkylation sites (N-methyl/N-ethyl adjacent to an activating group) is 1. The zero-order valence-electron chi connectivity index (χ0n) is 27.3. The number of amides is 1. The van der Waals surface area contributed by atoms with E-state index in [1.807, 2.05) is 0 Å². The number of halogens is 4. The Labute approximate surface area is 285 Å². The predicted octanol–water partition coefficient (Wildman–Crippen LogP) is 6.13. The number of hydrogen-bond acceptors (Lipinski definition) is 9. The lowest BCUT2D eigenvalue weighted by atomic mass is 10.00. The second kappa shape index (κ2) is 15.6. The molecule has 0 saturated heterocycles. The van der Waals surface area contributed by atoms with Crippen LogP contribution in [0.1, 0.15) is 43.4 Å². The van der Waals surface area contributed by atoms with Gasteiger partial charge in [0.2, 0.25) is 5.91 Å². The first-order valence-corrected chi connectivity index (χ1v) is 16.9. The van der Waals surface area contributed by atoms with Gasteiger partial charge in [-0.15, -0.1) is 0 Å². The molecule has 0 aliphatic heterocycles. The number of nitrogen functional groups attached to an aromatic ring is 1. The van der Waals surface area contributed by atoms with Crippen molar-refractivity contribution in [2.24, 2.45) is 0 Å². The molecule has 4 aromatic rings. The summed E-state index contributed by atoms with van der Waals surface area (Å²) in [6.07, 6.45) is -1.36. The van der Waals surface area contributed by atoms with Gasteiger partial charge in [0, 0.05) is 42.5 Å². The summed E-state index contributed by atoms with van der Waals surface area (Å²) >= 11 is 0. The number of rotatable bonds is 11. The van der Waals surface area contributed by atoms with Crippen molar-refractivity contribution in [3.8, 4) is 11.5 Å². The second-order valence-corrected chi connectivity index (χ2v) is 13.6. The zero-order chi connectivity index (χ0) is 36.8. The van der Waals surface area contributed by atoms with E-state index < -0.39 is 45.0 Å². The molecule has 5 rings (SSSR count). The molecular formula is C34H36F4N4O7S. The van der Waals surface area contributed by atoms with Crippen molar-refractivity contribution in [1.82, 2.24) is 9.88 Å². The summed E-state index contributed by atoms with van der Waals surface area (Å²) in [6, 6.07) is 15.3. The van der Waals surface area contributed by atoms with Crippen LogP contribution in [0.2, 0.25) is 0 Å². The molecule has 1 heterocycles. The minimum absolute atomic E-state index is 0.00908. The number of methoxy groups -OCH3 is 1. The van der Waals surface area contributed by atoms with Crippen LogP contribution in [0.25, 0.3) is 10.8 Å². The van der Waals surface area contributed by atoms with E-state index in [0.29, 0.717) is 36.5 Å². The number of sulfone groups is 1. The number of nitrogens with two attached hydrogens (primary N) is 1. The van der Waals surface area contributed by atoms with Gasteiger partial charge in [0.05, 0.1) is 23.9 Å². The second-order valence-electron chi connectivity index (χ2n) is 11.4. The van der Waals surface area contributed by atoms with Crippen molar-refractivity contribution in [3.05, 3.63) is 83.8 Å². The molecule has 16 heteroatoms. The van der Waals surface area contributed by atoms with Crippen molar-refractivity contribution in [2.75, 3.05) is 31.8 Å². The van der Waals surface area contributed by atoms with E-state index in [-0.39, 0.29) is 28.5 Å². The highest BCUT2D eigenvalue weighted by molar-refractivity contribution is 7.92. The first-order chi connectivity index (χ1) is 23.6. The van der Waals surface area contributed by atoms with E-state index in [0.717, 1.165) is 17.2 Å². The molecular weight excluding hydrogens is 684 g/mol. The number of aliphatic carboxylic acids is 1. The van der Waals surface area contributed by atoms with Gasteiger partial charge in [0.25, 0.3) is 0 Å². The zero-order valence-corrected chi connectivity index (χ0v) is 28.1. The molecule has 1 atom stereocenters. The van der Waals surface area contributed by atoms with E-state index >= 15 is 4.39 Å². The molecule has 1 saturated carbocycles. The average Bonchev–Trinajstić information content (AvgIpc) is 3.03. The summed E-state index contributed by atoms with van der Waals surface area (Å²) in [4.78, 5) is 28.8. The van der Waals surface area contributed by atoms with Crippen LogP contribution in [0, 0.1) is 5.82 Å². The van der Waals surface area contributed by atoms with E-state index in [1.54, 1.807) is 68.7 Å². The summed E-state index contributed by atoms with van der Waals surface area (Å²) < 4.78 is 85.0. The van der Waals surface area contributed by atoms with E-state index in [1.165, 1.54) is 24.1 Å². The largest absolute Gasteiger partial charge is 0.493 e. The van der Waals surface area contributed by atoms with Crippen LogP contribution in [0.3, 0.4) is 0 Å². The third-order valence-corrected chi connectivity index (χ3v) is 10.4. The van der Waals surface area contributed by atoms with Gasteiger partial charge < -0.3 is 30.5 Å². The standard InChI is InChI=1S/C32H35FN4O5S.C2HF3O2/c1-4-42-28-17-25(26(33)18-27(28)41-3)30(36-22-12-13-24-20(16-22)14-15-35-31(24)34)32(38)37(2)19-21-8-5-6-11-29(21)43(39,40)23-9-7-10-23;3-2(4,5)1(6)7/h5-6,8,11-18,23,30,36H,4,7,9-10,19H2,1-3H3,(H2,34,35);(H,6,7). The number of carboxylic acid groups (broad SMARTS) is 1. The van der Waals surface area contributed by atoms with Crippen molar-refractivity contribution in [1.29, 1.82) is 0 Å².